The van der Waals surface area contributed by atoms with Crippen LogP contribution in [-0.4, -0.2) is 42.2 Å². The lowest BCUT2D eigenvalue weighted by Gasteiger charge is -2.16. The summed E-state index contributed by atoms with van der Waals surface area (Å²) in [6.07, 6.45) is -3.09. The summed E-state index contributed by atoms with van der Waals surface area (Å²) in [4.78, 5) is 38.6. The summed E-state index contributed by atoms with van der Waals surface area (Å²) < 4.78 is 51.4. The zero-order valence-corrected chi connectivity index (χ0v) is 23.3. The number of hydrogen-bond donors (Lipinski definition) is 1. The molecule has 2 aromatic rings. The van der Waals surface area contributed by atoms with Gasteiger partial charge in [-0.25, -0.2) is 0 Å². The Balaban J connectivity index is 1.77. The van der Waals surface area contributed by atoms with E-state index in [9.17, 15) is 27.6 Å². The average molecular weight is 732 g/mol. The molecule has 0 aliphatic carbocycles. The predicted octanol–water partition coefficient (Wildman–Crippen LogP) is 6.00. The van der Waals surface area contributed by atoms with Gasteiger partial charge in [0.25, 0.3) is 11.1 Å². The summed E-state index contributed by atoms with van der Waals surface area (Å²) in [6, 6.07) is 6.21. The van der Waals surface area contributed by atoms with Gasteiger partial charge in [0, 0.05) is 0 Å². The summed E-state index contributed by atoms with van der Waals surface area (Å²) >= 11 is 4.90. The Morgan fingerprint density at radius 1 is 1.17 bits per heavy atom. The first-order chi connectivity index (χ1) is 16.4. The van der Waals surface area contributed by atoms with Crippen molar-refractivity contribution in [3.05, 3.63) is 53.5 Å². The van der Waals surface area contributed by atoms with Crippen LogP contribution in [0.2, 0.25) is 0 Å². The molecule has 1 fully saturated rings. The normalized spacial score (nSPS) is 15.1. The number of alkyl halides is 3. The molecule has 0 unspecified atom stereocenters. The lowest BCUT2D eigenvalue weighted by Crippen LogP contribution is -2.36. The van der Waals surface area contributed by atoms with Gasteiger partial charge in [-0.15, -0.1) is 0 Å². The maximum Gasteiger partial charge on any atom is 0.416 e. The fourth-order valence-electron chi connectivity index (χ4n) is 3.05. The first-order valence-corrected chi connectivity index (χ1v) is 12.8. The first-order valence-electron chi connectivity index (χ1n) is 9.86. The van der Waals surface area contributed by atoms with Crippen molar-refractivity contribution in [2.24, 2.45) is 0 Å². The number of nitrogens with zero attached hydrogens (tertiary/aromatic N) is 1. The average Bonchev–Trinajstić information content (AvgIpc) is 3.02. The second-order valence-corrected chi connectivity index (χ2v) is 10.3. The minimum atomic E-state index is -4.63. The van der Waals surface area contributed by atoms with Gasteiger partial charge in [-0.1, -0.05) is 0 Å². The second kappa shape index (κ2) is 11.4. The minimum Gasteiger partial charge on any atom is -0.495 e. The molecule has 1 N–H and O–H groups in total. The summed E-state index contributed by atoms with van der Waals surface area (Å²) in [7, 11) is 1.24. The molecule has 0 spiro atoms. The maximum atomic E-state index is 13.0. The molecule has 1 aliphatic rings. The Labute approximate surface area is 230 Å². The van der Waals surface area contributed by atoms with E-state index in [0.717, 1.165) is 36.0 Å². The first kappa shape index (κ1) is 27.6. The summed E-state index contributed by atoms with van der Waals surface area (Å²) in [5.41, 5.74) is -0.540. The van der Waals surface area contributed by atoms with Crippen molar-refractivity contribution < 1.29 is 37.0 Å². The molecular formula is C22H17F3I2N2O5S. The van der Waals surface area contributed by atoms with Crippen LogP contribution in [0.25, 0.3) is 6.08 Å². The topological polar surface area (TPSA) is 84.9 Å². The van der Waals surface area contributed by atoms with Gasteiger partial charge in [0.15, 0.2) is 0 Å². The van der Waals surface area contributed by atoms with Crippen LogP contribution < -0.4 is 14.8 Å². The Kier molecular flexibility index (Phi) is 8.96. The van der Waals surface area contributed by atoms with Crippen molar-refractivity contribution in [1.82, 2.24) is 4.90 Å². The van der Waals surface area contributed by atoms with Crippen LogP contribution >= 0.6 is 56.9 Å². The molecule has 1 heterocycles. The lowest BCUT2D eigenvalue weighted by atomic mass is 10.1. The van der Waals surface area contributed by atoms with E-state index in [4.69, 9.17) is 9.47 Å². The Hall–Kier alpha value is -2.01. The highest BCUT2D eigenvalue weighted by Crippen LogP contribution is 2.36. The highest BCUT2D eigenvalue weighted by atomic mass is 127. The van der Waals surface area contributed by atoms with Gasteiger partial charge in [-0.2, -0.15) is 13.2 Å². The van der Waals surface area contributed by atoms with Crippen LogP contribution in [0.15, 0.2) is 35.2 Å². The molecule has 0 aromatic heterocycles. The standard InChI is InChI=1S/C22H17F3I2N2O5S/c1-3-34-19-13(26)6-11(7-14(19)27)8-17-20(31)29(21(32)35-17)10-18(30)28-15-9-12(22(23,24)25)4-5-16(15)33-2/h4-9H,3,10H2,1-2H3,(H,28,30)/b17-8-. The number of halogens is 5. The number of anilines is 1. The van der Waals surface area contributed by atoms with Gasteiger partial charge in [-0.05, 0) is 106 Å². The summed E-state index contributed by atoms with van der Waals surface area (Å²) in [6.45, 7) is 1.70. The van der Waals surface area contributed by atoms with E-state index in [0.29, 0.717) is 23.9 Å². The van der Waals surface area contributed by atoms with Crippen molar-refractivity contribution in [2.45, 2.75) is 13.1 Å². The number of rotatable bonds is 7. The number of imide groups is 1. The summed E-state index contributed by atoms with van der Waals surface area (Å²) in [5.74, 6) is -0.804. The number of nitrogens with one attached hydrogen (secondary N) is 1. The number of hydrogen-bond acceptors (Lipinski definition) is 6. The molecule has 0 atom stereocenters. The summed E-state index contributed by atoms with van der Waals surface area (Å²) in [5, 5.41) is 1.62. The largest absolute Gasteiger partial charge is 0.495 e. The molecule has 186 valence electrons. The molecule has 3 rings (SSSR count). The molecule has 35 heavy (non-hydrogen) atoms. The minimum absolute atomic E-state index is 0.0000836. The fourth-order valence-corrected chi connectivity index (χ4v) is 6.01. The highest BCUT2D eigenvalue weighted by Gasteiger charge is 2.37. The maximum absolute atomic E-state index is 13.0. The lowest BCUT2D eigenvalue weighted by molar-refractivity contribution is -0.137. The molecule has 13 heteroatoms. The van der Waals surface area contributed by atoms with Crippen molar-refractivity contribution >= 4 is 85.8 Å². The Morgan fingerprint density at radius 3 is 2.40 bits per heavy atom. The van der Waals surface area contributed by atoms with E-state index < -0.39 is 35.3 Å². The van der Waals surface area contributed by atoms with E-state index in [-0.39, 0.29) is 16.3 Å². The molecule has 1 saturated heterocycles. The van der Waals surface area contributed by atoms with Gasteiger partial charge < -0.3 is 14.8 Å². The molecule has 0 radical (unpaired) electrons. The van der Waals surface area contributed by atoms with Gasteiger partial charge >= 0.3 is 6.18 Å². The van der Waals surface area contributed by atoms with E-state index in [2.05, 4.69) is 50.5 Å². The number of amides is 3. The van der Waals surface area contributed by atoms with Crippen LogP contribution in [0, 0.1) is 7.14 Å². The Bertz CT molecular complexity index is 1200. The number of benzene rings is 2. The van der Waals surface area contributed by atoms with E-state index in [1.165, 1.54) is 7.11 Å². The molecule has 2 aromatic carbocycles. The van der Waals surface area contributed by atoms with Gasteiger partial charge in [0.05, 0.1) is 37.0 Å². The van der Waals surface area contributed by atoms with Crippen LogP contribution in [0.1, 0.15) is 18.1 Å². The fraction of sp³-hybridized carbons (Fsp3) is 0.227. The predicted molar refractivity (Wildman–Crippen MR) is 142 cm³/mol. The molecule has 7 nitrogen and oxygen atoms in total. The van der Waals surface area contributed by atoms with Gasteiger partial charge in [-0.3, -0.25) is 19.3 Å². The van der Waals surface area contributed by atoms with Crippen LogP contribution in [0.3, 0.4) is 0 Å². The number of carbonyl (C=O) groups excluding carboxylic acids is 3. The number of ether oxygens (including phenoxy) is 2. The number of methoxy groups -OCH3 is 1. The molecular weight excluding hydrogens is 715 g/mol. The second-order valence-electron chi connectivity index (χ2n) is 6.98. The third kappa shape index (κ3) is 6.61. The van der Waals surface area contributed by atoms with Crippen molar-refractivity contribution in [1.29, 1.82) is 0 Å². The monoisotopic (exact) mass is 732 g/mol. The van der Waals surface area contributed by atoms with Crippen molar-refractivity contribution in [2.75, 3.05) is 25.6 Å². The molecule has 3 amide bonds. The zero-order valence-electron chi connectivity index (χ0n) is 18.2. The van der Waals surface area contributed by atoms with Gasteiger partial charge in [0.2, 0.25) is 5.91 Å². The quantitative estimate of drug-likeness (QED) is 0.278. The van der Waals surface area contributed by atoms with E-state index in [1.807, 2.05) is 6.92 Å². The van der Waals surface area contributed by atoms with E-state index in [1.54, 1.807) is 18.2 Å². The highest BCUT2D eigenvalue weighted by molar-refractivity contribution is 14.1. The number of thioether (sulfide) groups is 1. The van der Waals surface area contributed by atoms with Gasteiger partial charge in [0.1, 0.15) is 18.0 Å². The SMILES string of the molecule is CCOc1c(I)cc(/C=C2\SC(=O)N(CC(=O)Nc3cc(C(F)(F)F)ccc3OC)C2=O)cc1I. The van der Waals surface area contributed by atoms with E-state index >= 15 is 0 Å². The van der Waals surface area contributed by atoms with Crippen molar-refractivity contribution in [3.63, 3.8) is 0 Å². The van der Waals surface area contributed by atoms with Crippen LogP contribution in [0.5, 0.6) is 11.5 Å². The third-order valence-corrected chi connectivity index (χ3v) is 7.09. The van der Waals surface area contributed by atoms with Crippen LogP contribution in [-0.2, 0) is 15.8 Å². The molecule has 0 saturated carbocycles. The smallest absolute Gasteiger partial charge is 0.416 e. The third-order valence-electron chi connectivity index (χ3n) is 4.58. The molecule has 1 aliphatic heterocycles. The van der Waals surface area contributed by atoms with Crippen molar-refractivity contribution in [3.8, 4) is 11.5 Å². The van der Waals surface area contributed by atoms with Crippen LogP contribution in [0.4, 0.5) is 23.7 Å². The molecule has 0 bridgehead atoms. The zero-order chi connectivity index (χ0) is 25.9. The number of carbonyl (C=O) groups is 3. The Morgan fingerprint density at radius 2 is 1.83 bits per heavy atom.